The summed E-state index contributed by atoms with van der Waals surface area (Å²) in [5, 5.41) is 173. The summed E-state index contributed by atoms with van der Waals surface area (Å²) in [6.07, 6.45) is -26.6. The van der Waals surface area contributed by atoms with Crippen LogP contribution < -0.4 is 5.73 Å². The van der Waals surface area contributed by atoms with Crippen molar-refractivity contribution >= 4 is 6.47 Å². The van der Waals surface area contributed by atoms with Crippen molar-refractivity contribution in [1.29, 1.82) is 0 Å². The summed E-state index contributed by atoms with van der Waals surface area (Å²) in [6.45, 7) is -0.349. The van der Waals surface area contributed by atoms with Crippen LogP contribution in [0.25, 0.3) is 0 Å². The van der Waals surface area contributed by atoms with E-state index in [1.165, 1.54) is 71.3 Å². The maximum absolute atomic E-state index is 12.3. The van der Waals surface area contributed by atoms with Gasteiger partial charge >= 0.3 is 5.97 Å². The molecule has 0 spiro atoms. The zero-order valence-electron chi connectivity index (χ0n) is 46.9. The average molecular weight is 1190 g/mol. The Balaban J connectivity index is 1.34. The fourth-order valence-electron chi connectivity index (χ4n) is 10.8. The normalized spacial score (nSPS) is 41.7. The molecule has 29 nitrogen and oxygen atoms in total. The lowest BCUT2D eigenvalue weighted by atomic mass is 9.86. The van der Waals surface area contributed by atoms with Gasteiger partial charge in [0.15, 0.2) is 25.2 Å². The van der Waals surface area contributed by atoms with E-state index in [9.17, 15) is 86.5 Å². The lowest BCUT2D eigenvalue weighted by Gasteiger charge is -2.52. The minimum absolute atomic E-state index is 0.180. The molecule has 5 heterocycles. The largest absolute Gasteiger partial charge is 0.410 e. The Morgan fingerprint density at radius 1 is 0.573 bits per heavy atom. The standard InChI is InChI=1S/C53H95NO28/c1-4-5-6-7-8-9-10-11-12-13-14-15-16-17-29(61)28(54)24-72-50-42(70)40(68)46(34(22-58)76-50)79-52-43(71)48(82-53(73-25-60)18-30(62)26(2)45(81-53)36(64)31(63)19-55)47(35(23-59)77-52)80-49-27(3)44(38(66)33(21-57)74-49)78-51-41(69)39(67)37(65)32(20-56)75-51/h16-17,25-52,55-59,61-71H,4-15,18-24,54H2,1-3H3/b17-16+/t26-,27?,28+,29-,30-,31-,32?,33?,34?,35?,36-,37+,38+,39+,40-,41?,42?,43?,44-,45?,46-,47+,48-,49+,50-,51+,52+,53+/m1/s1. The molecule has 18 N–H and O–H groups in total. The number of allylic oxidation sites excluding steroid dienone is 1. The van der Waals surface area contributed by atoms with Crippen LogP contribution in [0.5, 0.6) is 0 Å². The van der Waals surface area contributed by atoms with Crippen molar-refractivity contribution in [2.75, 3.05) is 39.6 Å². The van der Waals surface area contributed by atoms with Crippen LogP contribution in [0.3, 0.4) is 0 Å². The van der Waals surface area contributed by atoms with Gasteiger partial charge in [0, 0.05) is 11.8 Å². The zero-order chi connectivity index (χ0) is 60.4. The Morgan fingerprint density at radius 2 is 1.09 bits per heavy atom. The first kappa shape index (κ1) is 70.9. The Hall–Kier alpha value is -1.87. The highest BCUT2D eigenvalue weighted by Crippen LogP contribution is 2.42. The number of aliphatic hydroxyl groups is 16. The van der Waals surface area contributed by atoms with Crippen LogP contribution in [0, 0.1) is 11.8 Å². The monoisotopic (exact) mass is 1190 g/mol. The average Bonchev–Trinajstić information content (AvgIpc) is 3.20. The number of aliphatic hydroxyl groups excluding tert-OH is 16. The third-order valence-corrected chi connectivity index (χ3v) is 16.1. The summed E-state index contributed by atoms with van der Waals surface area (Å²) in [7, 11) is 0. The summed E-state index contributed by atoms with van der Waals surface area (Å²) in [4.78, 5) is 12.3. The van der Waals surface area contributed by atoms with Crippen molar-refractivity contribution in [2.24, 2.45) is 17.6 Å². The van der Waals surface area contributed by atoms with Gasteiger partial charge in [-0.1, -0.05) is 97.1 Å². The van der Waals surface area contributed by atoms with Gasteiger partial charge in [0.2, 0.25) is 0 Å². The van der Waals surface area contributed by atoms with Crippen LogP contribution in [-0.4, -0.2) is 287 Å². The molecule has 0 aromatic rings. The van der Waals surface area contributed by atoms with E-state index in [4.69, 9.17) is 57.8 Å². The summed E-state index contributed by atoms with van der Waals surface area (Å²) >= 11 is 0. The maximum Gasteiger partial charge on any atom is 0.332 e. The van der Waals surface area contributed by atoms with E-state index in [1.54, 1.807) is 0 Å². The predicted molar refractivity (Wildman–Crippen MR) is 277 cm³/mol. The van der Waals surface area contributed by atoms with Crippen LogP contribution in [-0.2, 0) is 56.9 Å². The van der Waals surface area contributed by atoms with Gasteiger partial charge in [-0.05, 0) is 12.8 Å². The number of hydrogen-bond donors (Lipinski definition) is 17. The Bertz CT molecular complexity index is 1810. The van der Waals surface area contributed by atoms with E-state index >= 15 is 0 Å². The van der Waals surface area contributed by atoms with Gasteiger partial charge < -0.3 is 140 Å². The number of unbranched alkanes of at least 4 members (excludes halogenated alkanes) is 11. The number of carbonyl (C=O) groups is 1. The number of hydrogen-bond acceptors (Lipinski definition) is 29. The van der Waals surface area contributed by atoms with E-state index in [-0.39, 0.29) is 6.47 Å². The maximum atomic E-state index is 12.3. The first-order valence-corrected chi connectivity index (χ1v) is 28.8. The Kier molecular flexibility index (Phi) is 29.9. The molecule has 0 amide bonds. The van der Waals surface area contributed by atoms with Crippen LogP contribution in [0.1, 0.15) is 104 Å². The topological polar surface area (TPSA) is 468 Å². The van der Waals surface area contributed by atoms with E-state index in [2.05, 4.69) is 6.92 Å². The quantitative estimate of drug-likeness (QED) is 0.0124. The number of nitrogens with two attached hydrogens (primary N) is 1. The van der Waals surface area contributed by atoms with Crippen molar-refractivity contribution in [3.63, 3.8) is 0 Å². The molecule has 0 aromatic heterocycles. The molecule has 82 heavy (non-hydrogen) atoms. The molecule has 29 heteroatoms. The molecular weight excluding hydrogens is 1100 g/mol. The molecular formula is C53H95NO28. The molecule has 0 aliphatic carbocycles. The minimum Gasteiger partial charge on any atom is -0.410 e. The van der Waals surface area contributed by atoms with Crippen molar-refractivity contribution in [2.45, 2.75) is 263 Å². The predicted octanol–water partition coefficient (Wildman–Crippen LogP) is -5.15. The van der Waals surface area contributed by atoms with Gasteiger partial charge in [-0.3, -0.25) is 4.79 Å². The molecule has 9 unspecified atom stereocenters. The summed E-state index contributed by atoms with van der Waals surface area (Å²) < 4.78 is 64.8. The molecule has 480 valence electrons. The second kappa shape index (κ2) is 34.6. The fourth-order valence-corrected chi connectivity index (χ4v) is 10.8. The second-order valence-corrected chi connectivity index (χ2v) is 22.2. The highest BCUT2D eigenvalue weighted by molar-refractivity contribution is 5.37. The number of ether oxygens (including phenoxy) is 11. The molecule has 28 atom stereocenters. The first-order chi connectivity index (χ1) is 39.2. The lowest BCUT2D eigenvalue weighted by Crippen LogP contribution is -2.69. The van der Waals surface area contributed by atoms with E-state index in [0.717, 1.165) is 25.7 Å². The van der Waals surface area contributed by atoms with Gasteiger partial charge in [0.1, 0.15) is 97.7 Å². The third kappa shape index (κ3) is 18.4. The van der Waals surface area contributed by atoms with E-state index < -0.39 is 217 Å². The number of rotatable bonds is 34. The summed E-state index contributed by atoms with van der Waals surface area (Å²) in [5.41, 5.74) is 6.21. The van der Waals surface area contributed by atoms with Crippen LogP contribution in [0.4, 0.5) is 0 Å². The van der Waals surface area contributed by atoms with Crippen LogP contribution >= 0.6 is 0 Å². The fraction of sp³-hybridized carbons (Fsp3) is 0.943. The van der Waals surface area contributed by atoms with Gasteiger partial charge in [-0.25, -0.2) is 0 Å². The third-order valence-electron chi connectivity index (χ3n) is 16.1. The Morgan fingerprint density at radius 3 is 1.68 bits per heavy atom. The van der Waals surface area contributed by atoms with Crippen molar-refractivity contribution in [1.82, 2.24) is 0 Å². The van der Waals surface area contributed by atoms with Gasteiger partial charge in [-0.2, -0.15) is 0 Å². The van der Waals surface area contributed by atoms with Crippen molar-refractivity contribution < 1.29 is 139 Å². The molecule has 5 rings (SSSR count). The van der Waals surface area contributed by atoms with Crippen LogP contribution in [0.2, 0.25) is 0 Å². The summed E-state index contributed by atoms with van der Waals surface area (Å²) in [5.74, 6) is -5.16. The smallest absolute Gasteiger partial charge is 0.332 e. The highest BCUT2D eigenvalue weighted by Gasteiger charge is 2.60. The first-order valence-electron chi connectivity index (χ1n) is 28.8. The van der Waals surface area contributed by atoms with E-state index in [0.29, 0.717) is 0 Å². The minimum atomic E-state index is -2.85. The highest BCUT2D eigenvalue weighted by atomic mass is 16.9. The SMILES string of the molecule is CCCCCCCCCCCCC/C=C/[C@@H](O)[C@@H](N)CO[C@@H]1OC(CO)[C@@H](O[C@@H]2OC(CO)[C@H](O[C@@H]3OC(CO)[C@H](O)[C@H](O[C@@H]4OC(CO)[C@H](O)[C@H](O)C4O)C3C)[C@H](O[C@]3(OC=O)C[C@@H](O)[C@@H](C)C([C@H](O)[C@H](O)CO)O3)C2O)[C@H](O)C1O. The molecule has 0 aromatic carbocycles. The lowest BCUT2D eigenvalue weighted by molar-refractivity contribution is -0.455. The molecule has 5 saturated heterocycles. The molecule has 5 aliphatic rings. The molecule has 0 saturated carbocycles. The summed E-state index contributed by atoms with van der Waals surface area (Å²) in [6, 6.07) is -1.03. The van der Waals surface area contributed by atoms with Crippen molar-refractivity contribution in [3.8, 4) is 0 Å². The molecule has 5 fully saturated rings. The zero-order valence-corrected chi connectivity index (χ0v) is 46.9. The molecule has 0 radical (unpaired) electrons. The van der Waals surface area contributed by atoms with Crippen LogP contribution in [0.15, 0.2) is 12.2 Å². The molecule has 5 aliphatic heterocycles. The Labute approximate surface area is 476 Å². The van der Waals surface area contributed by atoms with E-state index in [1.807, 2.05) is 6.08 Å². The van der Waals surface area contributed by atoms with Crippen molar-refractivity contribution in [3.05, 3.63) is 12.2 Å². The second-order valence-electron chi connectivity index (χ2n) is 22.2. The van der Waals surface area contributed by atoms with Gasteiger partial charge in [0.05, 0.1) is 76.5 Å². The van der Waals surface area contributed by atoms with Gasteiger partial charge in [-0.15, -0.1) is 0 Å². The van der Waals surface area contributed by atoms with Gasteiger partial charge in [0.25, 0.3) is 6.47 Å². The molecule has 0 bridgehead atoms. The number of carbonyl (C=O) groups excluding carboxylic acids is 1.